The maximum Gasteiger partial charge on any atom is 0.317 e. The van der Waals surface area contributed by atoms with Crippen LogP contribution in [0.3, 0.4) is 0 Å². The van der Waals surface area contributed by atoms with Crippen LogP contribution in [0.5, 0.6) is 23.0 Å². The van der Waals surface area contributed by atoms with E-state index in [4.69, 9.17) is 42.1 Å². The fourth-order valence-corrected chi connectivity index (χ4v) is 22.7. The number of fused-ring (bicyclic) bond motifs is 7. The van der Waals surface area contributed by atoms with Crippen LogP contribution in [0.15, 0.2) is 286 Å². The Morgan fingerprint density at radius 3 is 1.14 bits per heavy atom. The van der Waals surface area contributed by atoms with Crippen LogP contribution in [0.1, 0.15) is 86.1 Å². The minimum absolute atomic E-state index is 0.0458. The second-order valence-electron chi connectivity index (χ2n) is 40.9. The molecule has 21 nitrogen and oxygen atoms in total. The highest BCUT2D eigenvalue weighted by Crippen LogP contribution is 2.55. The summed E-state index contributed by atoms with van der Waals surface area (Å²) in [7, 11) is 0. The topological polar surface area (TPSA) is 227 Å². The number of Topliss-reactive ketones (excluding diaryl/α,β-unsaturated/α-hetero) is 1. The first kappa shape index (κ1) is 97.8. The molecule has 10 aliphatic rings. The molecule has 3 spiro atoms. The van der Waals surface area contributed by atoms with Crippen LogP contribution in [-0.2, 0) is 51.4 Å². The number of urea groups is 1. The third kappa shape index (κ3) is 22.4. The molecular weight excluding hydrogens is 1900 g/mol. The molecule has 0 radical (unpaired) electrons. The van der Waals surface area contributed by atoms with Gasteiger partial charge in [-0.15, -0.1) is 0 Å². The number of hydrogen-bond acceptors (Lipinski definition) is 16. The van der Waals surface area contributed by atoms with E-state index in [1.165, 1.54) is 83.9 Å². The number of ketones is 1. The van der Waals surface area contributed by atoms with Crippen molar-refractivity contribution in [1.82, 2.24) is 54.7 Å². The Labute approximate surface area is 851 Å². The summed E-state index contributed by atoms with van der Waals surface area (Å²) in [6.45, 7) is 10.4. The number of aromatic nitrogens is 5. The molecule has 5 aromatic heterocycles. The summed E-state index contributed by atoms with van der Waals surface area (Å²) < 4.78 is 106. The number of ether oxygens (including phenoxy) is 4. The van der Waals surface area contributed by atoms with Crippen molar-refractivity contribution in [2.75, 3.05) is 70.8 Å². The zero-order valence-electron chi connectivity index (χ0n) is 80.3. The van der Waals surface area contributed by atoms with Gasteiger partial charge in [0.25, 0.3) is 0 Å². The summed E-state index contributed by atoms with van der Waals surface area (Å²) >= 11 is 11.8. The van der Waals surface area contributed by atoms with Crippen molar-refractivity contribution in [3.63, 3.8) is 0 Å². The van der Waals surface area contributed by atoms with Crippen molar-refractivity contribution in [2.45, 2.75) is 127 Å². The van der Waals surface area contributed by atoms with Crippen LogP contribution >= 0.6 is 23.2 Å². The summed E-state index contributed by atoms with van der Waals surface area (Å²) in [5.41, 5.74) is 10.3. The van der Waals surface area contributed by atoms with E-state index in [-0.39, 0.29) is 111 Å². The van der Waals surface area contributed by atoms with Gasteiger partial charge in [-0.2, -0.15) is 0 Å². The van der Waals surface area contributed by atoms with Gasteiger partial charge in [-0.05, 0) is 244 Å². The molecule has 25 rings (SSSR count). The maximum atomic E-state index is 13.7. The Morgan fingerprint density at radius 1 is 0.363 bits per heavy atom. The number of carbonyl (C=O) groups excluding carboxylic acids is 5. The van der Waals surface area contributed by atoms with Crippen molar-refractivity contribution in [1.29, 1.82) is 0 Å². The third-order valence-electron chi connectivity index (χ3n) is 30.5. The summed E-state index contributed by atoms with van der Waals surface area (Å²) in [4.78, 5) is 93.7. The number of carbonyl (C=O) groups is 5. The lowest BCUT2D eigenvalue weighted by Crippen LogP contribution is -2.67. The normalized spacial score (nSPS) is 20.0. The van der Waals surface area contributed by atoms with Crippen molar-refractivity contribution in [3.8, 4) is 23.0 Å². The highest BCUT2D eigenvalue weighted by Gasteiger charge is 2.61. The molecule has 10 aromatic carbocycles. The number of anilines is 1. The molecule has 5 unspecified atom stereocenters. The monoisotopic (exact) mass is 2010 g/mol. The van der Waals surface area contributed by atoms with E-state index in [1.807, 2.05) is 118 Å². The fourth-order valence-electron chi connectivity index (χ4n) is 22.4. The van der Waals surface area contributed by atoms with Gasteiger partial charge in [-0.1, -0.05) is 120 Å². The smallest absolute Gasteiger partial charge is 0.317 e. The Bertz CT molecular complexity index is 7320. The second kappa shape index (κ2) is 42.0. The van der Waals surface area contributed by atoms with E-state index in [1.54, 1.807) is 97.7 Å². The molecule has 5 aliphatic carbocycles. The molecule has 29 heteroatoms. The van der Waals surface area contributed by atoms with E-state index in [9.17, 15) is 50.3 Å². The quantitative estimate of drug-likeness (QED) is 0.0536. The number of aryl methyl sites for hydroxylation is 2. The number of amides is 5. The SMILES string of the molecule is CC(C(=O)Cc1ccc(Cl)cc1)N1CC2C(C1)C2Oc1ccnc2ccc(F)cc12.O=C(CCc1ccccc1)N1CC2(CC(Oc3ccnc4ccc(F)cc34)C2)C1.O=C(CCc1ccccc1)N1CC2C(C1)C2Nc1ccnc2ccc(F)cc12.O=C(Cc1ccc(F)cc1)N1CC2(CC(Oc3ccnc4ccc(F)cc34)C2)C1.O=C(NCc1ccc(Cl)cc1)N1CC2(CC(Oc3ccnc4ccc(F)cc34)C2)C1. The van der Waals surface area contributed by atoms with Crippen LogP contribution in [0, 0.1) is 74.8 Å². The van der Waals surface area contributed by atoms with Gasteiger partial charge in [-0.25, -0.2) is 31.1 Å². The van der Waals surface area contributed by atoms with Gasteiger partial charge < -0.3 is 49.2 Å². The number of nitrogens with zero attached hydrogens (tertiary/aromatic N) is 10. The average molecular weight is 2010 g/mol. The molecule has 5 amide bonds. The van der Waals surface area contributed by atoms with Crippen molar-refractivity contribution >= 4 is 113 Å². The predicted molar refractivity (Wildman–Crippen MR) is 548 cm³/mol. The van der Waals surface area contributed by atoms with Crippen LogP contribution in [-0.4, -0.2) is 181 Å². The third-order valence-corrected chi connectivity index (χ3v) is 31.0. The Hall–Kier alpha value is -14.3. The Balaban J connectivity index is 0.000000107. The lowest BCUT2D eigenvalue weighted by Gasteiger charge is -2.58. The van der Waals surface area contributed by atoms with E-state index in [0.29, 0.717) is 122 Å². The Morgan fingerprint density at radius 2 is 0.712 bits per heavy atom. The molecule has 5 saturated heterocycles. The number of hydrogen-bond donors (Lipinski definition) is 2. The van der Waals surface area contributed by atoms with Gasteiger partial charge in [0.2, 0.25) is 17.7 Å². The number of piperidine rings is 2. The number of nitrogens with one attached hydrogen (secondary N) is 2. The first-order chi connectivity index (χ1) is 70.8. The Kier molecular flexibility index (Phi) is 28.2. The summed E-state index contributed by atoms with van der Waals surface area (Å²) in [5, 5.41) is 11.5. The number of benzene rings is 10. The molecule has 15 aromatic rings. The van der Waals surface area contributed by atoms with Crippen LogP contribution in [0.2, 0.25) is 10.0 Å². The van der Waals surface area contributed by atoms with Crippen LogP contribution in [0.4, 0.5) is 36.8 Å². The molecule has 5 aliphatic heterocycles. The standard InChI is InChI=1S/C24H22ClFN2O2.C24H23FN2O2.C23H21ClFN3O2.C23H20F2N2O2.C23H22FN3O/c1-14(22(29)10-15-2-4-16(25)5-3-15)28-12-19-20(13-28)24(19)30-23-8-9-27-21-7-6-17(26)11-18(21)23;25-18-7-8-21-20(12-18)22(10-11-26-21)29-19-13-24(14-19)15-27(16-24)23(28)9-6-17-4-2-1-3-5-17;24-16-3-1-15(2-4-16)12-27-22(29)28-13-23(14-28)10-18(11-23)30-21-7-8-26-20-6-5-17(25)9-19(20)21;24-16-3-1-15(2-4-16)9-22(28)27-13-23(14-27)11-18(12-23)29-21-7-8-26-20-6-5-17(25)10-19(20)21;24-16-7-8-20-17(12-16)21(10-11-25-20)26-23-18-13-27(14-19(18)23)22(28)9-6-15-4-2-1-3-5-15/h2-9,11,14,19-20,24H,10,12-13H2,1H3;1-5,7-8,10-12,19H,6,9,13-16H2;1-9,18H,10-14H2,(H,27,29);1-8,10,18H,9,11-14H2;1-5,7-8,10-12,18-19,23H,6,9,13-14H2,(H,25,26). The highest BCUT2D eigenvalue weighted by molar-refractivity contribution is 6.30. The maximum absolute atomic E-state index is 13.7. The predicted octanol–water partition coefficient (Wildman–Crippen LogP) is 21.7. The van der Waals surface area contributed by atoms with E-state index >= 15 is 0 Å². The molecule has 10 fully saturated rings. The molecular formula is C117H108Cl2F6N12O9. The van der Waals surface area contributed by atoms with Gasteiger partial charge in [0.05, 0.1) is 40.0 Å². The van der Waals surface area contributed by atoms with E-state index in [0.717, 1.165) is 167 Å². The summed E-state index contributed by atoms with van der Waals surface area (Å²) in [6.07, 6.45) is 17.7. The average Bonchev–Trinajstić information content (AvgIpc) is 1.31. The summed E-state index contributed by atoms with van der Waals surface area (Å²) in [6, 6.07) is 73.2. The zero-order valence-corrected chi connectivity index (χ0v) is 81.9. The number of rotatable bonds is 24. The first-order valence-electron chi connectivity index (χ1n) is 49.9. The molecule has 5 atom stereocenters. The van der Waals surface area contributed by atoms with E-state index in [2.05, 4.69) is 64.7 Å². The van der Waals surface area contributed by atoms with Crippen molar-refractivity contribution in [2.24, 2.45) is 39.9 Å². The van der Waals surface area contributed by atoms with Crippen molar-refractivity contribution < 1.29 is 69.3 Å². The number of pyridine rings is 5. The minimum Gasteiger partial charge on any atom is -0.490 e. The van der Waals surface area contributed by atoms with Gasteiger partial charge in [-0.3, -0.25) is 49.0 Å². The largest absolute Gasteiger partial charge is 0.490 e. The molecule has 0 bridgehead atoms. The molecule has 10 heterocycles. The lowest BCUT2D eigenvalue weighted by atomic mass is 9.61. The van der Waals surface area contributed by atoms with Gasteiger partial charge in [0.1, 0.15) is 82.3 Å². The van der Waals surface area contributed by atoms with Crippen LogP contribution in [0.25, 0.3) is 54.5 Å². The van der Waals surface area contributed by atoms with Gasteiger partial charge in [0.15, 0.2) is 5.78 Å². The van der Waals surface area contributed by atoms with Gasteiger partial charge in [0, 0.05) is 211 Å². The van der Waals surface area contributed by atoms with Crippen LogP contribution < -0.4 is 29.6 Å². The lowest BCUT2D eigenvalue weighted by molar-refractivity contribution is -0.160. The fraction of sp³-hybridized carbons (Fsp3) is 0.316. The molecule has 146 heavy (non-hydrogen) atoms. The van der Waals surface area contributed by atoms with Crippen molar-refractivity contribution in [3.05, 3.63) is 359 Å². The van der Waals surface area contributed by atoms with E-state index < -0.39 is 0 Å². The zero-order chi connectivity index (χ0) is 100. The summed E-state index contributed by atoms with van der Waals surface area (Å²) in [5.74, 6) is 3.48. The number of halogens is 8. The number of likely N-dealkylation sites (tertiary alicyclic amines) is 5. The first-order valence-corrected chi connectivity index (χ1v) is 50.6. The van der Waals surface area contributed by atoms with Gasteiger partial charge >= 0.3 is 6.03 Å². The second-order valence-corrected chi connectivity index (χ2v) is 41.7. The molecule has 2 N–H and O–H groups in total. The molecule has 746 valence electrons. The highest BCUT2D eigenvalue weighted by atomic mass is 35.5. The molecule has 5 saturated carbocycles. The minimum atomic E-state index is -0.310.